The van der Waals surface area contributed by atoms with Gasteiger partial charge in [0.05, 0.1) is 22.1 Å². The van der Waals surface area contributed by atoms with E-state index in [0.29, 0.717) is 0 Å². The quantitative estimate of drug-likeness (QED) is 0.167. The first-order valence-corrected chi connectivity index (χ1v) is 19.8. The first kappa shape index (κ1) is 31.9. The van der Waals surface area contributed by atoms with Gasteiger partial charge in [-0.1, -0.05) is 140 Å². The minimum Gasteiger partial charge on any atom is -0.309 e. The molecule has 2 aromatic heterocycles. The van der Waals surface area contributed by atoms with E-state index in [9.17, 15) is 0 Å². The van der Waals surface area contributed by atoms with Crippen LogP contribution in [0.5, 0.6) is 0 Å². The highest BCUT2D eigenvalue weighted by atomic mass is 15.0. The molecule has 1 aliphatic rings. The van der Waals surface area contributed by atoms with Crippen LogP contribution in [-0.4, -0.2) is 9.13 Å². The van der Waals surface area contributed by atoms with E-state index in [1.165, 1.54) is 105 Å². The van der Waals surface area contributed by atoms with Crippen LogP contribution in [0.15, 0.2) is 206 Å². The van der Waals surface area contributed by atoms with Crippen molar-refractivity contribution in [1.29, 1.82) is 0 Å². The summed E-state index contributed by atoms with van der Waals surface area (Å²) < 4.78 is 4.83. The molecular weight excluding hydrogens is 689 g/mol. The molecule has 0 aliphatic heterocycles. The van der Waals surface area contributed by atoms with Gasteiger partial charge in [0.2, 0.25) is 0 Å². The Morgan fingerprint density at radius 1 is 0.263 bits per heavy atom. The number of fused-ring (bicyclic) bond motifs is 9. The third kappa shape index (κ3) is 5.04. The highest BCUT2D eigenvalue weighted by Gasteiger charge is 2.22. The zero-order valence-electron chi connectivity index (χ0n) is 31.2. The van der Waals surface area contributed by atoms with E-state index >= 15 is 0 Å². The fraction of sp³-hybridized carbons (Fsp3) is 0.0182. The molecule has 266 valence electrons. The molecule has 2 nitrogen and oxygen atoms in total. The Morgan fingerprint density at radius 3 is 1.39 bits per heavy atom. The van der Waals surface area contributed by atoms with E-state index in [1.54, 1.807) is 0 Å². The third-order valence-corrected chi connectivity index (χ3v) is 12.1. The Hall–Kier alpha value is -7.42. The molecule has 9 aromatic carbocycles. The summed E-state index contributed by atoms with van der Waals surface area (Å²) in [6.45, 7) is 0. The predicted molar refractivity (Wildman–Crippen MR) is 240 cm³/mol. The second kappa shape index (κ2) is 12.6. The molecule has 0 N–H and O–H groups in total. The molecule has 0 atom stereocenters. The van der Waals surface area contributed by atoms with E-state index in [-0.39, 0.29) is 0 Å². The normalized spacial score (nSPS) is 12.1. The first-order chi connectivity index (χ1) is 28.2. The lowest BCUT2D eigenvalue weighted by molar-refractivity contribution is 1.17. The lowest BCUT2D eigenvalue weighted by atomic mass is 9.97. The van der Waals surface area contributed by atoms with Crippen LogP contribution in [0, 0.1) is 0 Å². The highest BCUT2D eigenvalue weighted by molar-refractivity contribution is 6.11. The molecule has 0 radical (unpaired) electrons. The fourth-order valence-corrected chi connectivity index (χ4v) is 9.42. The van der Waals surface area contributed by atoms with Gasteiger partial charge in [0.15, 0.2) is 0 Å². The van der Waals surface area contributed by atoms with Gasteiger partial charge in [0, 0.05) is 32.9 Å². The summed E-state index contributed by atoms with van der Waals surface area (Å²) in [7, 11) is 0. The van der Waals surface area contributed by atoms with E-state index in [4.69, 9.17) is 0 Å². The van der Waals surface area contributed by atoms with Crippen molar-refractivity contribution in [2.75, 3.05) is 0 Å². The van der Waals surface area contributed by atoms with Crippen molar-refractivity contribution >= 4 is 43.6 Å². The van der Waals surface area contributed by atoms with Gasteiger partial charge in [-0.25, -0.2) is 0 Å². The van der Waals surface area contributed by atoms with Crippen LogP contribution >= 0.6 is 0 Å². The lowest BCUT2D eigenvalue weighted by Crippen LogP contribution is -1.94. The van der Waals surface area contributed by atoms with E-state index in [0.717, 1.165) is 12.1 Å². The summed E-state index contributed by atoms with van der Waals surface area (Å²) in [6.07, 6.45) is 0.960. The number of nitrogens with zero attached hydrogens (tertiary/aromatic N) is 2. The molecule has 2 heteroatoms. The standard InChI is InChI=1S/C55H36N2/c1-2-11-36(12-3-1)38-13-10-14-39(31-38)37-23-27-44(28-24-37)56-54-20-9-6-17-48(54)51-34-41(26-30-55(51)56)40-21-22-42-32-43-25-29-45(35-50(43)49(42)33-40)57-52-18-7-4-15-46(52)47-16-5-8-19-53(47)57/h1-31,33-35H,32H2. The maximum Gasteiger partial charge on any atom is 0.0541 e. The number of hydrogen-bond acceptors (Lipinski definition) is 0. The van der Waals surface area contributed by atoms with Crippen molar-refractivity contribution in [2.45, 2.75) is 6.42 Å². The van der Waals surface area contributed by atoms with Crippen LogP contribution in [0.4, 0.5) is 0 Å². The lowest BCUT2D eigenvalue weighted by Gasteiger charge is -2.12. The Balaban J connectivity index is 0.924. The zero-order chi connectivity index (χ0) is 37.5. The molecular formula is C55H36N2. The molecule has 57 heavy (non-hydrogen) atoms. The van der Waals surface area contributed by atoms with Crippen LogP contribution < -0.4 is 0 Å². The van der Waals surface area contributed by atoms with Gasteiger partial charge >= 0.3 is 0 Å². The zero-order valence-corrected chi connectivity index (χ0v) is 31.2. The average Bonchev–Trinajstić information content (AvgIpc) is 3.94. The first-order valence-electron chi connectivity index (χ1n) is 19.8. The fourth-order valence-electron chi connectivity index (χ4n) is 9.42. The number of benzene rings is 9. The van der Waals surface area contributed by atoms with E-state index < -0.39 is 0 Å². The van der Waals surface area contributed by atoms with Gasteiger partial charge in [-0.15, -0.1) is 0 Å². The maximum absolute atomic E-state index is 2.42. The monoisotopic (exact) mass is 724 g/mol. The second-order valence-electron chi connectivity index (χ2n) is 15.3. The Labute approximate surface area is 331 Å². The summed E-state index contributed by atoms with van der Waals surface area (Å²) in [4.78, 5) is 0. The molecule has 0 saturated carbocycles. The maximum atomic E-state index is 2.42. The van der Waals surface area contributed by atoms with Crippen molar-refractivity contribution in [3.8, 4) is 55.9 Å². The molecule has 0 spiro atoms. The molecule has 2 heterocycles. The number of para-hydroxylation sites is 3. The van der Waals surface area contributed by atoms with Crippen LogP contribution in [0.2, 0.25) is 0 Å². The largest absolute Gasteiger partial charge is 0.309 e. The number of hydrogen-bond donors (Lipinski definition) is 0. The van der Waals surface area contributed by atoms with Crippen molar-refractivity contribution < 1.29 is 0 Å². The summed E-state index contributed by atoms with van der Waals surface area (Å²) in [5.41, 5.74) is 20.1. The number of rotatable bonds is 5. The Kier molecular flexibility index (Phi) is 7.02. The minimum atomic E-state index is 0.960. The Morgan fingerprint density at radius 2 is 0.702 bits per heavy atom. The SMILES string of the molecule is c1ccc(-c2cccc(-c3ccc(-n4c5ccccc5c5cc(-c6ccc7c(c6)-c6cc(-n8c9ccccc9c9ccccc98)ccc6C7)ccc54)cc3)c2)cc1. The van der Waals surface area contributed by atoms with Crippen molar-refractivity contribution in [2.24, 2.45) is 0 Å². The third-order valence-electron chi connectivity index (χ3n) is 12.1. The summed E-state index contributed by atoms with van der Waals surface area (Å²) in [6, 6.07) is 75.9. The molecule has 0 fully saturated rings. The topological polar surface area (TPSA) is 9.86 Å². The van der Waals surface area contributed by atoms with Gasteiger partial charge in [0.1, 0.15) is 0 Å². The van der Waals surface area contributed by atoms with Gasteiger partial charge in [-0.05, 0) is 129 Å². The van der Waals surface area contributed by atoms with Crippen LogP contribution in [0.3, 0.4) is 0 Å². The summed E-state index contributed by atoms with van der Waals surface area (Å²) >= 11 is 0. The minimum absolute atomic E-state index is 0.960. The molecule has 1 aliphatic carbocycles. The molecule has 0 unspecified atom stereocenters. The number of aromatic nitrogens is 2. The van der Waals surface area contributed by atoms with Gasteiger partial charge in [-0.2, -0.15) is 0 Å². The average molecular weight is 725 g/mol. The highest BCUT2D eigenvalue weighted by Crippen LogP contribution is 2.43. The predicted octanol–water partition coefficient (Wildman–Crippen LogP) is 14.5. The molecule has 12 rings (SSSR count). The van der Waals surface area contributed by atoms with Crippen molar-refractivity contribution in [3.63, 3.8) is 0 Å². The molecule has 11 aromatic rings. The molecule has 0 saturated heterocycles. The van der Waals surface area contributed by atoms with Crippen LogP contribution in [0.25, 0.3) is 99.5 Å². The smallest absolute Gasteiger partial charge is 0.0541 e. The van der Waals surface area contributed by atoms with Gasteiger partial charge in [0.25, 0.3) is 0 Å². The van der Waals surface area contributed by atoms with E-state index in [2.05, 4.69) is 215 Å². The van der Waals surface area contributed by atoms with Gasteiger partial charge < -0.3 is 9.13 Å². The van der Waals surface area contributed by atoms with Gasteiger partial charge in [-0.3, -0.25) is 0 Å². The van der Waals surface area contributed by atoms with E-state index in [1.807, 2.05) is 0 Å². The van der Waals surface area contributed by atoms with Crippen LogP contribution in [-0.2, 0) is 6.42 Å². The second-order valence-corrected chi connectivity index (χ2v) is 15.3. The molecule has 0 bridgehead atoms. The van der Waals surface area contributed by atoms with Crippen molar-refractivity contribution in [3.05, 3.63) is 217 Å². The summed E-state index contributed by atoms with van der Waals surface area (Å²) in [5, 5.41) is 5.10. The summed E-state index contributed by atoms with van der Waals surface area (Å²) in [5.74, 6) is 0. The van der Waals surface area contributed by atoms with Crippen LogP contribution in [0.1, 0.15) is 11.1 Å². The molecule has 0 amide bonds. The van der Waals surface area contributed by atoms with Crippen molar-refractivity contribution in [1.82, 2.24) is 9.13 Å². The Bertz CT molecular complexity index is 3310.